The molecule has 0 aliphatic heterocycles. The van der Waals surface area contributed by atoms with Crippen LogP contribution in [-0.4, -0.2) is 43.0 Å². The number of carbonyl (C=O) groups excluding carboxylic acids is 1. The zero-order valence-electron chi connectivity index (χ0n) is 15.3. The lowest BCUT2D eigenvalue weighted by Crippen LogP contribution is -2.27. The molecule has 1 heterocycles. The fourth-order valence-electron chi connectivity index (χ4n) is 2.51. The summed E-state index contributed by atoms with van der Waals surface area (Å²) in [6, 6.07) is 9.90. The number of unbranched alkanes of at least 4 members (excludes halogenated alkanes) is 1. The summed E-state index contributed by atoms with van der Waals surface area (Å²) < 4.78 is 5.16. The summed E-state index contributed by atoms with van der Waals surface area (Å²) in [5.41, 5.74) is 2.71. The van der Waals surface area contributed by atoms with E-state index < -0.39 is 0 Å². The van der Waals surface area contributed by atoms with Crippen molar-refractivity contribution in [1.82, 2.24) is 9.88 Å². The molecule has 0 aliphatic carbocycles. The van der Waals surface area contributed by atoms with E-state index in [1.54, 1.807) is 24.4 Å². The maximum absolute atomic E-state index is 12.4. The van der Waals surface area contributed by atoms with Gasteiger partial charge in [0.1, 0.15) is 5.75 Å². The van der Waals surface area contributed by atoms with Gasteiger partial charge in [-0.25, -0.2) is 0 Å². The summed E-state index contributed by atoms with van der Waals surface area (Å²) in [6.07, 6.45) is 6.34. The third-order valence-corrected chi connectivity index (χ3v) is 4.08. The van der Waals surface area contributed by atoms with Gasteiger partial charge < -0.3 is 15.0 Å². The normalized spacial score (nSPS) is 10.4. The van der Waals surface area contributed by atoms with Crippen molar-refractivity contribution in [3.63, 3.8) is 0 Å². The van der Waals surface area contributed by atoms with Gasteiger partial charge >= 0.3 is 0 Å². The van der Waals surface area contributed by atoms with Gasteiger partial charge in [0, 0.05) is 32.5 Å². The topological polar surface area (TPSA) is 54.5 Å². The summed E-state index contributed by atoms with van der Waals surface area (Å²) >= 11 is 0. The van der Waals surface area contributed by atoms with Crippen LogP contribution in [0.1, 0.15) is 35.7 Å². The number of ether oxygens (including phenoxy) is 1. The smallest absolute Gasteiger partial charge is 0.255 e. The summed E-state index contributed by atoms with van der Waals surface area (Å²) in [5, 5.41) is 3.33. The Morgan fingerprint density at radius 2 is 2.00 bits per heavy atom. The first-order chi connectivity index (χ1) is 12.1. The number of amides is 1. The van der Waals surface area contributed by atoms with Crippen molar-refractivity contribution >= 4 is 11.6 Å². The van der Waals surface area contributed by atoms with E-state index in [1.807, 2.05) is 25.2 Å². The second-order valence-corrected chi connectivity index (χ2v) is 6.07. The number of nitrogens with zero attached hydrogens (tertiary/aromatic N) is 2. The first kappa shape index (κ1) is 18.8. The van der Waals surface area contributed by atoms with E-state index in [0.29, 0.717) is 5.56 Å². The first-order valence-corrected chi connectivity index (χ1v) is 8.71. The van der Waals surface area contributed by atoms with Crippen LogP contribution in [0.15, 0.2) is 42.7 Å². The Bertz CT molecular complexity index is 671. The number of hydrogen-bond donors (Lipinski definition) is 1. The van der Waals surface area contributed by atoms with E-state index in [2.05, 4.69) is 29.4 Å². The Morgan fingerprint density at radius 3 is 2.68 bits per heavy atom. The molecule has 0 aliphatic rings. The van der Waals surface area contributed by atoms with Crippen molar-refractivity contribution < 1.29 is 9.53 Å². The number of hydrogen-bond acceptors (Lipinski definition) is 4. The molecule has 0 saturated carbocycles. The van der Waals surface area contributed by atoms with Gasteiger partial charge in [0.05, 0.1) is 18.4 Å². The molecule has 0 unspecified atom stereocenters. The maximum Gasteiger partial charge on any atom is 0.255 e. The number of rotatable bonds is 9. The second-order valence-electron chi connectivity index (χ2n) is 6.07. The minimum atomic E-state index is 0.0137. The highest BCUT2D eigenvalue weighted by molar-refractivity contribution is 5.94. The second kappa shape index (κ2) is 9.67. The number of carbonyl (C=O) groups is 1. The standard InChI is InChI=1S/C20H27N3O2/c1-4-5-12-23(2)20(24)17-13-18(15-21-14-17)22-11-10-16-6-8-19(25-3)9-7-16/h6-9,13-15,22H,4-5,10-12H2,1-3H3. The first-order valence-electron chi connectivity index (χ1n) is 8.71. The summed E-state index contributed by atoms with van der Waals surface area (Å²) in [5.74, 6) is 0.874. The quantitative estimate of drug-likeness (QED) is 0.757. The zero-order valence-corrected chi connectivity index (χ0v) is 15.3. The van der Waals surface area contributed by atoms with Crippen molar-refractivity contribution in [2.75, 3.05) is 32.6 Å². The van der Waals surface area contributed by atoms with Crippen LogP contribution in [0.2, 0.25) is 0 Å². The van der Waals surface area contributed by atoms with Crippen LogP contribution in [0.5, 0.6) is 5.75 Å². The average Bonchev–Trinajstić information content (AvgIpc) is 2.66. The van der Waals surface area contributed by atoms with Gasteiger partial charge in [-0.1, -0.05) is 25.5 Å². The van der Waals surface area contributed by atoms with Crippen molar-refractivity contribution in [2.45, 2.75) is 26.2 Å². The van der Waals surface area contributed by atoms with Crippen molar-refractivity contribution in [3.8, 4) is 5.75 Å². The van der Waals surface area contributed by atoms with E-state index in [4.69, 9.17) is 4.74 Å². The fraction of sp³-hybridized carbons (Fsp3) is 0.400. The lowest BCUT2D eigenvalue weighted by Gasteiger charge is -2.17. The monoisotopic (exact) mass is 341 g/mol. The lowest BCUT2D eigenvalue weighted by atomic mass is 10.1. The number of benzene rings is 1. The van der Waals surface area contributed by atoms with Crippen LogP contribution in [0, 0.1) is 0 Å². The molecule has 2 rings (SSSR count). The van der Waals surface area contributed by atoms with Gasteiger partial charge in [-0.15, -0.1) is 0 Å². The summed E-state index contributed by atoms with van der Waals surface area (Å²) in [7, 11) is 3.50. The molecule has 0 atom stereocenters. The molecule has 5 heteroatoms. The third kappa shape index (κ3) is 5.78. The highest BCUT2D eigenvalue weighted by atomic mass is 16.5. The Kier molecular flexibility index (Phi) is 7.26. The number of aromatic nitrogens is 1. The van der Waals surface area contributed by atoms with Crippen molar-refractivity contribution in [2.24, 2.45) is 0 Å². The molecule has 134 valence electrons. The minimum absolute atomic E-state index is 0.0137. The SMILES string of the molecule is CCCCN(C)C(=O)c1cncc(NCCc2ccc(OC)cc2)c1. The Labute approximate surface area is 150 Å². The van der Waals surface area contributed by atoms with Crippen LogP contribution in [-0.2, 0) is 6.42 Å². The zero-order chi connectivity index (χ0) is 18.1. The molecular formula is C20H27N3O2. The molecule has 1 aromatic heterocycles. The van der Waals surface area contributed by atoms with Crippen LogP contribution in [0.25, 0.3) is 0 Å². The van der Waals surface area contributed by atoms with E-state index in [-0.39, 0.29) is 5.91 Å². The fourth-order valence-corrected chi connectivity index (χ4v) is 2.51. The van der Waals surface area contributed by atoms with E-state index in [1.165, 1.54) is 5.56 Å². The van der Waals surface area contributed by atoms with E-state index in [0.717, 1.165) is 43.8 Å². The molecule has 5 nitrogen and oxygen atoms in total. The number of nitrogens with one attached hydrogen (secondary N) is 1. The van der Waals surface area contributed by atoms with Crippen molar-refractivity contribution in [3.05, 3.63) is 53.9 Å². The molecule has 0 bridgehead atoms. The number of anilines is 1. The van der Waals surface area contributed by atoms with Crippen LogP contribution in [0.4, 0.5) is 5.69 Å². The van der Waals surface area contributed by atoms with Gasteiger partial charge in [0.25, 0.3) is 5.91 Å². The Balaban J connectivity index is 1.88. The third-order valence-electron chi connectivity index (χ3n) is 4.08. The van der Waals surface area contributed by atoms with Crippen LogP contribution < -0.4 is 10.1 Å². The van der Waals surface area contributed by atoms with Crippen LogP contribution in [0.3, 0.4) is 0 Å². The molecule has 1 N–H and O–H groups in total. The van der Waals surface area contributed by atoms with Gasteiger partial charge in [-0.3, -0.25) is 9.78 Å². The Morgan fingerprint density at radius 1 is 1.24 bits per heavy atom. The molecule has 0 saturated heterocycles. The molecule has 0 radical (unpaired) electrons. The molecule has 25 heavy (non-hydrogen) atoms. The van der Waals surface area contributed by atoms with Crippen LogP contribution >= 0.6 is 0 Å². The predicted molar refractivity (Wildman–Crippen MR) is 101 cm³/mol. The largest absolute Gasteiger partial charge is 0.497 e. The molecule has 2 aromatic rings. The van der Waals surface area contributed by atoms with E-state index >= 15 is 0 Å². The molecular weight excluding hydrogens is 314 g/mol. The minimum Gasteiger partial charge on any atom is -0.497 e. The predicted octanol–water partition coefficient (Wildman–Crippen LogP) is 3.62. The number of pyridine rings is 1. The van der Waals surface area contributed by atoms with Gasteiger partial charge in [0.2, 0.25) is 0 Å². The molecule has 1 amide bonds. The van der Waals surface area contributed by atoms with Gasteiger partial charge in [-0.2, -0.15) is 0 Å². The van der Waals surface area contributed by atoms with Gasteiger partial charge in [-0.05, 0) is 36.6 Å². The van der Waals surface area contributed by atoms with E-state index in [9.17, 15) is 4.79 Å². The summed E-state index contributed by atoms with van der Waals surface area (Å²) in [4.78, 5) is 18.3. The van der Waals surface area contributed by atoms with Gasteiger partial charge in [0.15, 0.2) is 0 Å². The number of methoxy groups -OCH3 is 1. The average molecular weight is 341 g/mol. The highest BCUT2D eigenvalue weighted by Gasteiger charge is 2.12. The molecule has 1 aromatic carbocycles. The maximum atomic E-state index is 12.4. The Hall–Kier alpha value is -2.56. The summed E-state index contributed by atoms with van der Waals surface area (Å²) in [6.45, 7) is 3.66. The lowest BCUT2D eigenvalue weighted by molar-refractivity contribution is 0.0793. The molecule has 0 fully saturated rings. The highest BCUT2D eigenvalue weighted by Crippen LogP contribution is 2.13. The van der Waals surface area contributed by atoms with Crippen molar-refractivity contribution in [1.29, 1.82) is 0 Å². The molecule has 0 spiro atoms.